The summed E-state index contributed by atoms with van der Waals surface area (Å²) in [7, 11) is 1.80. The summed E-state index contributed by atoms with van der Waals surface area (Å²) >= 11 is 5.22. The van der Waals surface area contributed by atoms with Crippen LogP contribution in [0.25, 0.3) is 11.8 Å². The zero-order valence-electron chi connectivity index (χ0n) is 16.9. The number of nitrogens with zero attached hydrogens (tertiary/aromatic N) is 4. The Morgan fingerprint density at radius 1 is 1.16 bits per heavy atom. The minimum absolute atomic E-state index is 0.0337. The van der Waals surface area contributed by atoms with Gasteiger partial charge >= 0.3 is 0 Å². The Balaban J connectivity index is 1.62. The van der Waals surface area contributed by atoms with E-state index in [-0.39, 0.29) is 16.4 Å². The molecule has 0 saturated heterocycles. The van der Waals surface area contributed by atoms with Crippen LogP contribution < -0.4 is 16.3 Å². The van der Waals surface area contributed by atoms with Crippen molar-refractivity contribution in [1.82, 2.24) is 14.8 Å². The average Bonchev–Trinajstić information content (AvgIpc) is 2.97. The van der Waals surface area contributed by atoms with Crippen molar-refractivity contribution in [2.24, 2.45) is 12.1 Å². The number of thiocarbonyl (C=S) groups is 1. The maximum Gasteiger partial charge on any atom is 0.295 e. The largest absolute Gasteiger partial charge is 0.325 e. The van der Waals surface area contributed by atoms with Gasteiger partial charge in [-0.3, -0.25) is 25.0 Å². The van der Waals surface area contributed by atoms with Crippen molar-refractivity contribution in [3.63, 3.8) is 0 Å². The first-order valence-electron chi connectivity index (χ1n) is 9.23. The number of nitro benzene ring substituents is 1. The summed E-state index contributed by atoms with van der Waals surface area (Å²) in [4.78, 5) is 23.1. The van der Waals surface area contributed by atoms with Gasteiger partial charge in [-0.15, -0.1) is 0 Å². The number of rotatable bonds is 6. The third-order valence-electron chi connectivity index (χ3n) is 4.51. The van der Waals surface area contributed by atoms with E-state index in [2.05, 4.69) is 15.8 Å². The highest BCUT2D eigenvalue weighted by Gasteiger charge is 2.16. The molecule has 0 spiro atoms. The van der Waals surface area contributed by atoms with Gasteiger partial charge in [0.1, 0.15) is 5.69 Å². The van der Waals surface area contributed by atoms with Crippen molar-refractivity contribution in [2.75, 3.05) is 5.32 Å². The first-order valence-corrected chi connectivity index (χ1v) is 9.64. The number of hydrogen-bond donors (Lipinski definition) is 2. The van der Waals surface area contributed by atoms with Gasteiger partial charge in [-0.1, -0.05) is 24.3 Å². The van der Waals surface area contributed by atoms with Crippen molar-refractivity contribution in [3.05, 3.63) is 92.4 Å². The Bertz CT molecular complexity index is 1210. The minimum Gasteiger partial charge on any atom is -0.325 e. The summed E-state index contributed by atoms with van der Waals surface area (Å²) < 4.78 is 3.30. The average molecular weight is 436 g/mol. The lowest BCUT2D eigenvalue weighted by Crippen LogP contribution is -2.28. The Labute approximate surface area is 183 Å². The quantitative estimate of drug-likeness (QED) is 0.266. The van der Waals surface area contributed by atoms with Gasteiger partial charge in [-0.05, 0) is 55.0 Å². The predicted molar refractivity (Wildman–Crippen MR) is 126 cm³/mol. The third kappa shape index (κ3) is 5.11. The van der Waals surface area contributed by atoms with Gasteiger partial charge in [-0.2, -0.15) is 5.10 Å². The van der Waals surface area contributed by atoms with Crippen LogP contribution in [0, 0.1) is 17.0 Å². The number of para-hydroxylation sites is 1. The highest BCUT2D eigenvalue weighted by Crippen LogP contribution is 2.14. The number of aromatic nitrogens is 2. The van der Waals surface area contributed by atoms with Crippen LogP contribution in [0.15, 0.2) is 70.6 Å². The van der Waals surface area contributed by atoms with Crippen molar-refractivity contribution in [2.45, 2.75) is 6.92 Å². The molecule has 158 valence electrons. The zero-order valence-corrected chi connectivity index (χ0v) is 17.7. The molecule has 3 aromatic rings. The van der Waals surface area contributed by atoms with Gasteiger partial charge in [0.05, 0.1) is 16.3 Å². The van der Waals surface area contributed by atoms with Crippen LogP contribution in [0.3, 0.4) is 0 Å². The van der Waals surface area contributed by atoms with Gasteiger partial charge < -0.3 is 5.32 Å². The maximum absolute atomic E-state index is 12.8. The molecule has 3 rings (SSSR count). The SMILES string of the molecule is Cc1c(NC(=S)N/N=C/C=C/c2ccc([N+](=O)[O-])cc2)c(=O)n(-c2ccccc2)n1C. The molecule has 0 saturated carbocycles. The second kappa shape index (κ2) is 9.63. The van der Waals surface area contributed by atoms with Gasteiger partial charge in [0.25, 0.3) is 11.2 Å². The molecule has 1 heterocycles. The van der Waals surface area contributed by atoms with E-state index in [1.54, 1.807) is 40.7 Å². The molecule has 0 amide bonds. The van der Waals surface area contributed by atoms with Gasteiger partial charge in [0, 0.05) is 25.4 Å². The summed E-state index contributed by atoms with van der Waals surface area (Å²) in [6, 6.07) is 15.4. The number of allylic oxidation sites excluding steroid dienone is 1. The summed E-state index contributed by atoms with van der Waals surface area (Å²) in [6.07, 6.45) is 4.88. The smallest absolute Gasteiger partial charge is 0.295 e. The fourth-order valence-electron chi connectivity index (χ4n) is 2.85. The lowest BCUT2D eigenvalue weighted by Gasteiger charge is -2.07. The first kappa shape index (κ1) is 21.7. The molecular weight excluding hydrogens is 416 g/mol. The number of anilines is 1. The molecule has 0 aliphatic rings. The van der Waals surface area contributed by atoms with E-state index in [1.807, 2.05) is 37.3 Å². The molecule has 0 aliphatic carbocycles. The monoisotopic (exact) mass is 436 g/mol. The van der Waals surface area contributed by atoms with Gasteiger partial charge in [0.15, 0.2) is 5.11 Å². The molecule has 0 unspecified atom stereocenters. The fraction of sp³-hybridized carbons (Fsp3) is 0.0952. The third-order valence-corrected chi connectivity index (χ3v) is 4.71. The summed E-state index contributed by atoms with van der Waals surface area (Å²) in [5.41, 5.74) is 5.09. The van der Waals surface area contributed by atoms with Crippen LogP contribution >= 0.6 is 12.2 Å². The lowest BCUT2D eigenvalue weighted by molar-refractivity contribution is -0.384. The molecule has 9 nitrogen and oxygen atoms in total. The Morgan fingerprint density at radius 3 is 2.48 bits per heavy atom. The molecule has 10 heteroatoms. The normalized spacial score (nSPS) is 11.2. The number of nitrogens with one attached hydrogen (secondary N) is 2. The highest BCUT2D eigenvalue weighted by atomic mass is 32.1. The van der Waals surface area contributed by atoms with Gasteiger partial charge in [0.2, 0.25) is 0 Å². The zero-order chi connectivity index (χ0) is 22.4. The van der Waals surface area contributed by atoms with E-state index in [9.17, 15) is 14.9 Å². The highest BCUT2D eigenvalue weighted by molar-refractivity contribution is 7.80. The maximum atomic E-state index is 12.8. The number of non-ortho nitro benzene ring substituents is 1. The van der Waals surface area contributed by atoms with E-state index < -0.39 is 4.92 Å². The number of hydrazone groups is 1. The molecular formula is C21H20N6O3S. The molecule has 0 bridgehead atoms. The van der Waals surface area contributed by atoms with E-state index >= 15 is 0 Å². The molecule has 0 radical (unpaired) electrons. The summed E-state index contributed by atoms with van der Waals surface area (Å²) in [6.45, 7) is 1.82. The predicted octanol–water partition coefficient (Wildman–Crippen LogP) is 3.38. The van der Waals surface area contributed by atoms with Crippen molar-refractivity contribution >= 4 is 41.0 Å². The molecule has 2 aromatic carbocycles. The van der Waals surface area contributed by atoms with Crippen molar-refractivity contribution in [3.8, 4) is 5.69 Å². The van der Waals surface area contributed by atoms with Crippen LogP contribution in [0.4, 0.5) is 11.4 Å². The summed E-state index contributed by atoms with van der Waals surface area (Å²) in [5.74, 6) is 0. The summed E-state index contributed by atoms with van der Waals surface area (Å²) in [5, 5.41) is 17.7. The van der Waals surface area contributed by atoms with Crippen LogP contribution in [0.5, 0.6) is 0 Å². The molecule has 2 N–H and O–H groups in total. The van der Waals surface area contributed by atoms with Crippen LogP contribution in [0.1, 0.15) is 11.3 Å². The van der Waals surface area contributed by atoms with Crippen LogP contribution in [0.2, 0.25) is 0 Å². The Kier molecular flexibility index (Phi) is 6.73. The second-order valence-electron chi connectivity index (χ2n) is 6.49. The van der Waals surface area contributed by atoms with E-state index in [0.29, 0.717) is 5.69 Å². The molecule has 0 atom stereocenters. The van der Waals surface area contributed by atoms with Crippen molar-refractivity contribution in [1.29, 1.82) is 0 Å². The van der Waals surface area contributed by atoms with E-state index in [0.717, 1.165) is 16.9 Å². The number of nitro groups is 1. The minimum atomic E-state index is -0.449. The fourth-order valence-corrected chi connectivity index (χ4v) is 3.01. The Morgan fingerprint density at radius 2 is 1.84 bits per heavy atom. The molecule has 0 aliphatic heterocycles. The molecule has 31 heavy (non-hydrogen) atoms. The number of benzene rings is 2. The second-order valence-corrected chi connectivity index (χ2v) is 6.90. The topological polar surface area (TPSA) is 106 Å². The van der Waals surface area contributed by atoms with Gasteiger partial charge in [-0.25, -0.2) is 4.68 Å². The first-order chi connectivity index (χ1) is 14.9. The number of hydrogen-bond acceptors (Lipinski definition) is 5. The standard InChI is InChI=1S/C21H20N6O3S/c1-15-19(20(28)26(25(15)2)17-8-4-3-5-9-17)23-21(31)24-22-14-6-7-16-10-12-18(13-11-16)27(29)30/h3-14H,1-2H3,(H2,23,24,31)/b7-6+,22-14+. The van der Waals surface area contributed by atoms with E-state index in [4.69, 9.17) is 12.2 Å². The van der Waals surface area contributed by atoms with E-state index in [1.165, 1.54) is 18.3 Å². The Hall–Kier alpha value is -4.05. The van der Waals surface area contributed by atoms with Crippen LogP contribution in [-0.4, -0.2) is 25.6 Å². The van der Waals surface area contributed by atoms with Crippen molar-refractivity contribution < 1.29 is 4.92 Å². The van der Waals surface area contributed by atoms with Crippen LogP contribution in [-0.2, 0) is 7.05 Å². The lowest BCUT2D eigenvalue weighted by atomic mass is 10.2. The molecule has 1 aromatic heterocycles. The molecule has 0 fully saturated rings.